The first-order chi connectivity index (χ1) is 14.4. The van der Waals surface area contributed by atoms with Crippen molar-refractivity contribution in [2.45, 2.75) is 19.9 Å². The summed E-state index contributed by atoms with van der Waals surface area (Å²) in [4.78, 5) is 27.8. The first kappa shape index (κ1) is 19.5. The monoisotopic (exact) mass is 403 g/mol. The average Bonchev–Trinajstić information content (AvgIpc) is 3.37. The third-order valence-electron chi connectivity index (χ3n) is 5.40. The Bertz CT molecular complexity index is 1160. The lowest BCUT2D eigenvalue weighted by atomic mass is 9.94. The molecule has 0 fully saturated rings. The maximum Gasteiger partial charge on any atom is 0.294 e. The second-order valence-corrected chi connectivity index (χ2v) is 7.16. The molecule has 1 unspecified atom stereocenters. The third-order valence-corrected chi connectivity index (χ3v) is 5.40. The molecule has 0 spiro atoms. The molecule has 1 amide bonds. The Kier molecular flexibility index (Phi) is 4.91. The highest BCUT2D eigenvalue weighted by molar-refractivity contribution is 6.20. The molecule has 0 radical (unpaired) electrons. The number of benzene rings is 2. The number of amides is 1. The van der Waals surface area contributed by atoms with Crippen molar-refractivity contribution in [3.63, 3.8) is 0 Å². The normalized spacial score (nSPS) is 16.3. The van der Waals surface area contributed by atoms with Crippen molar-refractivity contribution in [3.05, 3.63) is 94.6 Å². The van der Waals surface area contributed by atoms with E-state index in [9.17, 15) is 14.7 Å². The van der Waals surface area contributed by atoms with Crippen LogP contribution in [0.1, 0.15) is 33.3 Å². The Balaban J connectivity index is 1.93. The van der Waals surface area contributed by atoms with E-state index in [1.54, 1.807) is 36.4 Å². The van der Waals surface area contributed by atoms with Crippen LogP contribution in [0.3, 0.4) is 0 Å². The number of carbonyl (C=O) groups excluding carboxylic acids is 2. The number of aliphatic hydroxyl groups is 1. The van der Waals surface area contributed by atoms with E-state index in [1.807, 2.05) is 26.0 Å². The van der Waals surface area contributed by atoms with Gasteiger partial charge in [-0.3, -0.25) is 14.5 Å². The zero-order valence-corrected chi connectivity index (χ0v) is 16.9. The second kappa shape index (κ2) is 7.55. The van der Waals surface area contributed by atoms with Gasteiger partial charge in [0, 0.05) is 11.3 Å². The molecule has 2 heterocycles. The topological polar surface area (TPSA) is 80.0 Å². The van der Waals surface area contributed by atoms with Crippen LogP contribution in [-0.2, 0) is 4.79 Å². The highest BCUT2D eigenvalue weighted by Crippen LogP contribution is 2.44. The summed E-state index contributed by atoms with van der Waals surface area (Å²) in [7, 11) is 1.52. The largest absolute Gasteiger partial charge is 0.503 e. The van der Waals surface area contributed by atoms with E-state index < -0.39 is 23.5 Å². The zero-order chi connectivity index (χ0) is 21.4. The number of carbonyl (C=O) groups is 2. The van der Waals surface area contributed by atoms with Gasteiger partial charge in [-0.1, -0.05) is 24.3 Å². The first-order valence-corrected chi connectivity index (χ1v) is 9.49. The van der Waals surface area contributed by atoms with E-state index in [2.05, 4.69) is 0 Å². The minimum Gasteiger partial charge on any atom is -0.503 e. The highest BCUT2D eigenvalue weighted by atomic mass is 16.5. The van der Waals surface area contributed by atoms with Gasteiger partial charge < -0.3 is 14.3 Å². The summed E-state index contributed by atoms with van der Waals surface area (Å²) in [5, 5.41) is 10.8. The van der Waals surface area contributed by atoms with Crippen molar-refractivity contribution in [1.82, 2.24) is 0 Å². The van der Waals surface area contributed by atoms with Crippen LogP contribution < -0.4 is 9.64 Å². The molecule has 0 saturated heterocycles. The van der Waals surface area contributed by atoms with E-state index in [0.29, 0.717) is 17.0 Å². The van der Waals surface area contributed by atoms with Crippen LogP contribution in [-0.4, -0.2) is 23.9 Å². The van der Waals surface area contributed by atoms with Crippen LogP contribution in [0.5, 0.6) is 5.75 Å². The number of aryl methyl sites for hydroxylation is 2. The van der Waals surface area contributed by atoms with Crippen LogP contribution in [0.4, 0.5) is 5.69 Å². The van der Waals surface area contributed by atoms with Crippen LogP contribution in [0.2, 0.25) is 0 Å². The van der Waals surface area contributed by atoms with E-state index in [1.165, 1.54) is 24.3 Å². The van der Waals surface area contributed by atoms with Gasteiger partial charge in [0.15, 0.2) is 11.5 Å². The average molecular weight is 403 g/mol. The van der Waals surface area contributed by atoms with E-state index in [4.69, 9.17) is 9.15 Å². The number of furan rings is 1. The number of anilines is 1. The molecule has 0 aliphatic carbocycles. The third kappa shape index (κ3) is 3.06. The number of aliphatic hydroxyl groups excluding tert-OH is 1. The number of nitrogens with zero attached hydrogens (tertiary/aromatic N) is 1. The van der Waals surface area contributed by atoms with E-state index in [-0.39, 0.29) is 11.3 Å². The fraction of sp³-hybridized carbons (Fsp3) is 0.167. The van der Waals surface area contributed by atoms with Gasteiger partial charge in [0.05, 0.1) is 25.0 Å². The minimum atomic E-state index is -0.867. The SMILES string of the molecule is COc1ccccc1C1C(C(=O)c2ccco2)=C(O)C(=O)N1c1ccc(C)c(C)c1. The Morgan fingerprint density at radius 3 is 2.50 bits per heavy atom. The fourth-order valence-corrected chi connectivity index (χ4v) is 3.71. The molecule has 152 valence electrons. The summed E-state index contributed by atoms with van der Waals surface area (Å²) in [6, 6.07) is 14.9. The molecule has 4 rings (SSSR count). The Labute approximate surface area is 174 Å². The summed E-state index contributed by atoms with van der Waals surface area (Å²) in [6.07, 6.45) is 1.38. The lowest BCUT2D eigenvalue weighted by molar-refractivity contribution is -0.117. The number of rotatable bonds is 5. The maximum absolute atomic E-state index is 13.2. The minimum absolute atomic E-state index is 0.0438. The molecule has 0 bridgehead atoms. The Morgan fingerprint density at radius 1 is 1.07 bits per heavy atom. The van der Waals surface area contributed by atoms with Gasteiger partial charge in [-0.05, 0) is 55.3 Å². The van der Waals surface area contributed by atoms with Gasteiger partial charge in [0.25, 0.3) is 5.91 Å². The lowest BCUT2D eigenvalue weighted by Crippen LogP contribution is -2.31. The number of ether oxygens (including phenoxy) is 1. The van der Waals surface area contributed by atoms with Crippen LogP contribution in [0.15, 0.2) is 76.6 Å². The number of Topliss-reactive ketones (excluding diaryl/α,β-unsaturated/α-hetero) is 1. The summed E-state index contributed by atoms with van der Waals surface area (Å²) in [6.45, 7) is 3.92. The van der Waals surface area contributed by atoms with Gasteiger partial charge in [-0.15, -0.1) is 0 Å². The van der Waals surface area contributed by atoms with Gasteiger partial charge in [-0.2, -0.15) is 0 Å². The number of hydrogen-bond acceptors (Lipinski definition) is 5. The smallest absolute Gasteiger partial charge is 0.294 e. The fourth-order valence-electron chi connectivity index (χ4n) is 3.71. The second-order valence-electron chi connectivity index (χ2n) is 7.16. The molecule has 3 aromatic rings. The van der Waals surface area contributed by atoms with Crippen LogP contribution in [0, 0.1) is 13.8 Å². The van der Waals surface area contributed by atoms with Crippen molar-refractivity contribution in [2.75, 3.05) is 12.0 Å². The van der Waals surface area contributed by atoms with Gasteiger partial charge in [-0.25, -0.2) is 0 Å². The molecular formula is C24H21NO5. The quantitative estimate of drug-likeness (QED) is 0.625. The molecule has 6 nitrogen and oxygen atoms in total. The maximum atomic E-state index is 13.2. The Hall–Kier alpha value is -3.80. The van der Waals surface area contributed by atoms with Crippen molar-refractivity contribution in [3.8, 4) is 5.75 Å². The van der Waals surface area contributed by atoms with E-state index in [0.717, 1.165) is 11.1 Å². The predicted octanol–water partition coefficient (Wildman–Crippen LogP) is 4.69. The standard InChI is InChI=1S/C24H21NO5/c1-14-10-11-16(13-15(14)2)25-21(17-7-4-5-8-18(17)29-3)20(23(27)24(25)28)22(26)19-9-6-12-30-19/h4-13,21,27H,1-3H3. The summed E-state index contributed by atoms with van der Waals surface area (Å²) in [5.41, 5.74) is 3.18. The lowest BCUT2D eigenvalue weighted by Gasteiger charge is -2.28. The molecule has 1 aliphatic heterocycles. The molecular weight excluding hydrogens is 382 g/mol. The molecule has 0 saturated carbocycles. The number of hydrogen-bond donors (Lipinski definition) is 1. The first-order valence-electron chi connectivity index (χ1n) is 9.49. The highest BCUT2D eigenvalue weighted by Gasteiger charge is 2.46. The van der Waals surface area contributed by atoms with Crippen LogP contribution in [0.25, 0.3) is 0 Å². The molecule has 6 heteroatoms. The molecule has 1 aromatic heterocycles. The number of para-hydroxylation sites is 1. The Morgan fingerprint density at radius 2 is 1.83 bits per heavy atom. The van der Waals surface area contributed by atoms with Gasteiger partial charge >= 0.3 is 0 Å². The summed E-state index contributed by atoms with van der Waals surface area (Å²) < 4.78 is 10.7. The van der Waals surface area contributed by atoms with Gasteiger partial charge in [0.1, 0.15) is 5.75 Å². The molecule has 2 aromatic carbocycles. The van der Waals surface area contributed by atoms with Crippen molar-refractivity contribution < 1.29 is 23.8 Å². The van der Waals surface area contributed by atoms with Gasteiger partial charge in [0.2, 0.25) is 5.78 Å². The zero-order valence-electron chi connectivity index (χ0n) is 16.9. The molecule has 1 atom stereocenters. The van der Waals surface area contributed by atoms with Crippen molar-refractivity contribution in [1.29, 1.82) is 0 Å². The number of methoxy groups -OCH3 is 1. The van der Waals surface area contributed by atoms with E-state index >= 15 is 0 Å². The molecule has 1 aliphatic rings. The summed E-state index contributed by atoms with van der Waals surface area (Å²) in [5.74, 6) is -1.24. The summed E-state index contributed by atoms with van der Waals surface area (Å²) >= 11 is 0. The van der Waals surface area contributed by atoms with Crippen molar-refractivity contribution >= 4 is 17.4 Å². The number of ketones is 1. The van der Waals surface area contributed by atoms with Crippen molar-refractivity contribution in [2.24, 2.45) is 0 Å². The molecule has 30 heavy (non-hydrogen) atoms. The molecule has 1 N–H and O–H groups in total. The predicted molar refractivity (Wildman–Crippen MR) is 112 cm³/mol. The van der Waals surface area contributed by atoms with Crippen LogP contribution >= 0.6 is 0 Å².